The van der Waals surface area contributed by atoms with Crippen LogP contribution in [0.3, 0.4) is 0 Å². The Morgan fingerprint density at radius 1 is 1.38 bits per heavy atom. The van der Waals surface area contributed by atoms with Crippen molar-refractivity contribution in [3.8, 4) is 0 Å². The van der Waals surface area contributed by atoms with Gasteiger partial charge in [-0.15, -0.1) is 0 Å². The molecule has 0 aliphatic carbocycles. The van der Waals surface area contributed by atoms with E-state index >= 15 is 0 Å². The van der Waals surface area contributed by atoms with Crippen molar-refractivity contribution in [2.75, 3.05) is 6.54 Å². The van der Waals surface area contributed by atoms with Crippen LogP contribution in [0.4, 0.5) is 0 Å². The molecule has 0 saturated heterocycles. The molecule has 1 aromatic rings. The van der Waals surface area contributed by atoms with Crippen LogP contribution < -0.4 is 5.32 Å². The second-order valence-electron chi connectivity index (χ2n) is 3.49. The number of hydrogen-bond donors (Lipinski definition) is 2. The molecule has 0 aromatic heterocycles. The predicted octanol–water partition coefficient (Wildman–Crippen LogP) is 1.21. The van der Waals surface area contributed by atoms with Crippen molar-refractivity contribution < 1.29 is 5.11 Å². The second-order valence-corrected chi connectivity index (χ2v) is 3.49. The molecule has 0 saturated carbocycles. The first-order valence-corrected chi connectivity index (χ1v) is 4.83. The fraction of sp³-hybridized carbons (Fsp3) is 0.455. The van der Waals surface area contributed by atoms with Crippen molar-refractivity contribution in [3.05, 3.63) is 34.9 Å². The molecule has 0 unspecified atom stereocenters. The largest absolute Gasteiger partial charge is 0.392 e. The summed E-state index contributed by atoms with van der Waals surface area (Å²) in [5, 5.41) is 12.5. The summed E-state index contributed by atoms with van der Waals surface area (Å²) in [5.74, 6) is 0. The summed E-state index contributed by atoms with van der Waals surface area (Å²) >= 11 is 0. The Bertz CT molecular complexity index is 296. The number of benzene rings is 1. The van der Waals surface area contributed by atoms with Crippen molar-refractivity contribution in [3.63, 3.8) is 0 Å². The molecule has 13 heavy (non-hydrogen) atoms. The van der Waals surface area contributed by atoms with E-state index in [1.807, 2.05) is 12.1 Å². The van der Waals surface area contributed by atoms with Gasteiger partial charge in [0.25, 0.3) is 0 Å². The van der Waals surface area contributed by atoms with Gasteiger partial charge in [0, 0.05) is 6.54 Å². The number of nitrogens with one attached hydrogen (secondary N) is 1. The van der Waals surface area contributed by atoms with E-state index in [0.29, 0.717) is 0 Å². The maximum atomic E-state index is 9.17. The van der Waals surface area contributed by atoms with Crippen molar-refractivity contribution in [1.82, 2.24) is 5.32 Å². The molecular formula is C11H15NO. The highest BCUT2D eigenvalue weighted by atomic mass is 16.3. The third-order valence-electron chi connectivity index (χ3n) is 2.64. The summed E-state index contributed by atoms with van der Waals surface area (Å²) in [6, 6.07) is 6.19. The summed E-state index contributed by atoms with van der Waals surface area (Å²) in [5.41, 5.74) is 3.81. The molecule has 0 amide bonds. The third kappa shape index (κ3) is 1.74. The summed E-state index contributed by atoms with van der Waals surface area (Å²) in [7, 11) is 0. The summed E-state index contributed by atoms with van der Waals surface area (Å²) in [6.45, 7) is 2.20. The SMILES string of the molecule is OCc1cccc2c1CCCNC2. The Hall–Kier alpha value is -0.860. The van der Waals surface area contributed by atoms with Crippen LogP contribution in [0.15, 0.2) is 18.2 Å². The quantitative estimate of drug-likeness (QED) is 0.676. The highest BCUT2D eigenvalue weighted by Gasteiger charge is 2.09. The average Bonchev–Trinajstić information content (AvgIpc) is 2.41. The van der Waals surface area contributed by atoms with E-state index in [2.05, 4.69) is 11.4 Å². The van der Waals surface area contributed by atoms with E-state index in [0.717, 1.165) is 25.1 Å². The van der Waals surface area contributed by atoms with Gasteiger partial charge in [-0.05, 0) is 36.1 Å². The minimum atomic E-state index is 0.170. The first kappa shape index (κ1) is 8.73. The molecule has 0 atom stereocenters. The first-order valence-electron chi connectivity index (χ1n) is 4.83. The van der Waals surface area contributed by atoms with E-state index in [4.69, 9.17) is 5.11 Å². The molecule has 2 N–H and O–H groups in total. The fourth-order valence-corrected chi connectivity index (χ4v) is 1.94. The van der Waals surface area contributed by atoms with E-state index < -0.39 is 0 Å². The number of aliphatic hydroxyl groups is 1. The molecule has 0 radical (unpaired) electrons. The lowest BCUT2D eigenvalue weighted by molar-refractivity contribution is 0.280. The molecule has 1 heterocycles. The predicted molar refractivity (Wildman–Crippen MR) is 52.4 cm³/mol. The number of hydrogen-bond acceptors (Lipinski definition) is 2. The summed E-state index contributed by atoms with van der Waals surface area (Å²) in [6.07, 6.45) is 2.27. The van der Waals surface area contributed by atoms with Gasteiger partial charge in [0.05, 0.1) is 6.61 Å². The maximum Gasteiger partial charge on any atom is 0.0684 e. The first-order chi connectivity index (χ1) is 6.42. The lowest BCUT2D eigenvalue weighted by Gasteiger charge is -2.09. The minimum Gasteiger partial charge on any atom is -0.392 e. The van der Waals surface area contributed by atoms with Crippen molar-refractivity contribution >= 4 is 0 Å². The van der Waals surface area contributed by atoms with Crippen LogP contribution in [0.1, 0.15) is 23.1 Å². The van der Waals surface area contributed by atoms with Crippen LogP contribution in [-0.2, 0) is 19.6 Å². The van der Waals surface area contributed by atoms with Crippen LogP contribution >= 0.6 is 0 Å². The summed E-state index contributed by atoms with van der Waals surface area (Å²) in [4.78, 5) is 0. The Kier molecular flexibility index (Phi) is 2.62. The van der Waals surface area contributed by atoms with E-state index in [1.54, 1.807) is 0 Å². The van der Waals surface area contributed by atoms with Gasteiger partial charge in [0.1, 0.15) is 0 Å². The van der Waals surface area contributed by atoms with Gasteiger partial charge in [-0.2, -0.15) is 0 Å². The zero-order valence-corrected chi connectivity index (χ0v) is 7.71. The van der Waals surface area contributed by atoms with Crippen molar-refractivity contribution in [1.29, 1.82) is 0 Å². The molecule has 0 spiro atoms. The van der Waals surface area contributed by atoms with Crippen molar-refractivity contribution in [2.24, 2.45) is 0 Å². The van der Waals surface area contributed by atoms with Gasteiger partial charge in [0.15, 0.2) is 0 Å². The number of fused-ring (bicyclic) bond motifs is 1. The lowest BCUT2D eigenvalue weighted by atomic mass is 9.98. The minimum absolute atomic E-state index is 0.170. The van der Waals surface area contributed by atoms with Gasteiger partial charge in [-0.1, -0.05) is 18.2 Å². The molecule has 70 valence electrons. The van der Waals surface area contributed by atoms with Crippen LogP contribution in [0, 0.1) is 0 Å². The van der Waals surface area contributed by atoms with Crippen LogP contribution in [-0.4, -0.2) is 11.7 Å². The molecular weight excluding hydrogens is 162 g/mol. The maximum absolute atomic E-state index is 9.17. The van der Waals surface area contributed by atoms with Gasteiger partial charge in [-0.25, -0.2) is 0 Å². The second kappa shape index (κ2) is 3.90. The number of aliphatic hydroxyl groups excluding tert-OH is 1. The summed E-state index contributed by atoms with van der Waals surface area (Å²) < 4.78 is 0. The topological polar surface area (TPSA) is 32.3 Å². The Morgan fingerprint density at radius 2 is 2.31 bits per heavy atom. The third-order valence-corrected chi connectivity index (χ3v) is 2.64. The zero-order valence-electron chi connectivity index (χ0n) is 7.71. The van der Waals surface area contributed by atoms with Gasteiger partial charge in [0.2, 0.25) is 0 Å². The molecule has 0 bridgehead atoms. The zero-order chi connectivity index (χ0) is 9.10. The molecule has 2 nitrogen and oxygen atoms in total. The molecule has 1 aromatic carbocycles. The smallest absolute Gasteiger partial charge is 0.0684 e. The van der Waals surface area contributed by atoms with Crippen LogP contribution in [0.2, 0.25) is 0 Å². The van der Waals surface area contributed by atoms with Crippen molar-refractivity contribution in [2.45, 2.75) is 26.0 Å². The standard InChI is InChI=1S/C11H15NO/c13-8-10-4-1-3-9-7-12-6-2-5-11(9)10/h1,3-4,12-13H,2,5-8H2. The van der Waals surface area contributed by atoms with Gasteiger partial charge in [-0.3, -0.25) is 0 Å². The van der Waals surface area contributed by atoms with E-state index in [1.165, 1.54) is 17.5 Å². The van der Waals surface area contributed by atoms with E-state index in [9.17, 15) is 0 Å². The molecule has 1 aliphatic heterocycles. The Morgan fingerprint density at radius 3 is 3.15 bits per heavy atom. The highest BCUT2D eigenvalue weighted by Crippen LogP contribution is 2.18. The normalized spacial score (nSPS) is 16.4. The average molecular weight is 177 g/mol. The molecule has 2 rings (SSSR count). The molecule has 1 aliphatic rings. The van der Waals surface area contributed by atoms with Crippen LogP contribution in [0.25, 0.3) is 0 Å². The fourth-order valence-electron chi connectivity index (χ4n) is 1.94. The highest BCUT2D eigenvalue weighted by molar-refractivity contribution is 5.35. The van der Waals surface area contributed by atoms with Gasteiger partial charge >= 0.3 is 0 Å². The Balaban J connectivity index is 2.40. The number of rotatable bonds is 1. The monoisotopic (exact) mass is 177 g/mol. The molecule has 2 heteroatoms. The van der Waals surface area contributed by atoms with E-state index in [-0.39, 0.29) is 6.61 Å². The lowest BCUT2D eigenvalue weighted by Crippen LogP contribution is -2.11. The van der Waals surface area contributed by atoms with Gasteiger partial charge < -0.3 is 10.4 Å². The molecule has 0 fully saturated rings. The van der Waals surface area contributed by atoms with Crippen LogP contribution in [0.5, 0.6) is 0 Å². The Labute approximate surface area is 78.6 Å².